The van der Waals surface area contributed by atoms with Crippen LogP contribution in [0.4, 0.5) is 4.79 Å². The fourth-order valence-electron chi connectivity index (χ4n) is 1.66. The average Bonchev–Trinajstić information content (AvgIpc) is 2.54. The Hall–Kier alpha value is -2.27. The highest BCUT2D eigenvalue weighted by Gasteiger charge is 2.15. The van der Waals surface area contributed by atoms with Gasteiger partial charge in [-0.15, -0.1) is 0 Å². The molecule has 0 saturated carbocycles. The second-order valence-corrected chi connectivity index (χ2v) is 4.86. The highest BCUT2D eigenvalue weighted by molar-refractivity contribution is 8.12. The summed E-state index contributed by atoms with van der Waals surface area (Å²) in [6.45, 7) is 0.171. The molecule has 0 heterocycles. The van der Waals surface area contributed by atoms with Gasteiger partial charge in [0.05, 0.1) is 0 Å². The Bertz CT molecular complexity index is 625. The van der Waals surface area contributed by atoms with Crippen LogP contribution < -0.4 is 4.74 Å². The molecule has 2 rings (SSSR count). The van der Waals surface area contributed by atoms with Crippen LogP contribution in [0.15, 0.2) is 54.6 Å². The molecule has 0 saturated heterocycles. The summed E-state index contributed by atoms with van der Waals surface area (Å²) in [6, 6.07) is 15.9. The minimum atomic E-state index is -0.525. The van der Waals surface area contributed by atoms with Crippen LogP contribution in [0.1, 0.15) is 15.9 Å². The lowest BCUT2D eigenvalue weighted by Crippen LogP contribution is -2.09. The van der Waals surface area contributed by atoms with Gasteiger partial charge in [-0.2, -0.15) is 0 Å². The van der Waals surface area contributed by atoms with E-state index >= 15 is 0 Å². The molecule has 2 aromatic rings. The van der Waals surface area contributed by atoms with Crippen LogP contribution in [0, 0.1) is 0 Å². The maximum absolute atomic E-state index is 12.1. The van der Waals surface area contributed by atoms with Crippen molar-refractivity contribution in [2.24, 2.45) is 0 Å². The Balaban J connectivity index is 2.07. The smallest absolute Gasteiger partial charge is 0.372 e. The van der Waals surface area contributed by atoms with Gasteiger partial charge < -0.3 is 9.47 Å². The van der Waals surface area contributed by atoms with E-state index < -0.39 is 11.3 Å². The van der Waals surface area contributed by atoms with Crippen LogP contribution in [-0.2, 0) is 11.3 Å². The Morgan fingerprint density at radius 2 is 1.67 bits per heavy atom. The molecule has 108 valence electrons. The SMILES string of the molecule is CSC(=O)Oc1ccccc1C(=O)OCc1ccccc1. The molecule has 0 unspecified atom stereocenters. The molecule has 0 fully saturated rings. The summed E-state index contributed by atoms with van der Waals surface area (Å²) >= 11 is 0.937. The van der Waals surface area contributed by atoms with E-state index in [1.54, 1.807) is 30.5 Å². The Morgan fingerprint density at radius 1 is 1.00 bits per heavy atom. The molecule has 0 N–H and O–H groups in total. The number of thioether (sulfide) groups is 1. The molecule has 0 aromatic heterocycles. The van der Waals surface area contributed by atoms with Gasteiger partial charge in [0, 0.05) is 0 Å². The molecule has 2 aromatic carbocycles. The van der Waals surface area contributed by atoms with Gasteiger partial charge in [0.1, 0.15) is 17.9 Å². The maximum Gasteiger partial charge on any atom is 0.372 e. The fraction of sp³-hybridized carbons (Fsp3) is 0.125. The van der Waals surface area contributed by atoms with Crippen molar-refractivity contribution in [1.29, 1.82) is 0 Å². The Labute approximate surface area is 127 Å². The van der Waals surface area contributed by atoms with Crippen molar-refractivity contribution in [3.8, 4) is 5.75 Å². The lowest BCUT2D eigenvalue weighted by molar-refractivity contribution is 0.0470. The second kappa shape index (κ2) is 7.50. The van der Waals surface area contributed by atoms with Gasteiger partial charge in [0.15, 0.2) is 0 Å². The Morgan fingerprint density at radius 3 is 2.38 bits per heavy atom. The number of para-hydroxylation sites is 1. The van der Waals surface area contributed by atoms with Crippen molar-refractivity contribution in [3.05, 3.63) is 65.7 Å². The number of ether oxygens (including phenoxy) is 2. The van der Waals surface area contributed by atoms with Crippen LogP contribution >= 0.6 is 11.8 Å². The van der Waals surface area contributed by atoms with Crippen LogP contribution in [0.2, 0.25) is 0 Å². The summed E-state index contributed by atoms with van der Waals surface area (Å²) in [5, 5.41) is -0.474. The number of hydrogen-bond acceptors (Lipinski definition) is 5. The van der Waals surface area contributed by atoms with E-state index in [2.05, 4.69) is 0 Å². The van der Waals surface area contributed by atoms with E-state index in [1.807, 2.05) is 30.3 Å². The lowest BCUT2D eigenvalue weighted by Gasteiger charge is -2.09. The molecular weight excluding hydrogens is 288 g/mol. The third-order valence-electron chi connectivity index (χ3n) is 2.68. The molecule has 0 spiro atoms. The van der Waals surface area contributed by atoms with Crippen LogP contribution in [0.3, 0.4) is 0 Å². The van der Waals surface area contributed by atoms with Crippen molar-refractivity contribution < 1.29 is 19.1 Å². The zero-order valence-electron chi connectivity index (χ0n) is 11.4. The highest BCUT2D eigenvalue weighted by atomic mass is 32.2. The van der Waals surface area contributed by atoms with Gasteiger partial charge in [0.25, 0.3) is 0 Å². The van der Waals surface area contributed by atoms with Crippen LogP contribution in [0.5, 0.6) is 5.75 Å². The molecule has 21 heavy (non-hydrogen) atoms. The quantitative estimate of drug-likeness (QED) is 0.802. The molecular formula is C16H14O4S. The predicted molar refractivity (Wildman–Crippen MR) is 81.5 cm³/mol. The second-order valence-electron chi connectivity index (χ2n) is 4.11. The van der Waals surface area contributed by atoms with Gasteiger partial charge in [-0.1, -0.05) is 42.5 Å². The van der Waals surface area contributed by atoms with Gasteiger partial charge in [-0.25, -0.2) is 9.59 Å². The zero-order valence-corrected chi connectivity index (χ0v) is 12.3. The molecule has 0 bridgehead atoms. The van der Waals surface area contributed by atoms with Gasteiger partial charge in [-0.3, -0.25) is 0 Å². The van der Waals surface area contributed by atoms with Gasteiger partial charge in [0.2, 0.25) is 0 Å². The van der Waals surface area contributed by atoms with E-state index in [1.165, 1.54) is 0 Å². The first-order valence-electron chi connectivity index (χ1n) is 6.26. The zero-order chi connectivity index (χ0) is 15.1. The van der Waals surface area contributed by atoms with Gasteiger partial charge in [-0.05, 0) is 35.7 Å². The molecule has 4 nitrogen and oxygen atoms in total. The minimum absolute atomic E-state index is 0.171. The average molecular weight is 302 g/mol. The number of benzene rings is 2. The standard InChI is InChI=1S/C16H14O4S/c1-21-16(18)20-14-10-6-5-9-13(14)15(17)19-11-12-7-3-2-4-8-12/h2-10H,11H2,1H3. The molecule has 5 heteroatoms. The first kappa shape index (κ1) is 15.1. The van der Waals surface area contributed by atoms with Crippen molar-refractivity contribution in [2.75, 3.05) is 6.26 Å². The first-order chi connectivity index (χ1) is 10.2. The van der Waals surface area contributed by atoms with E-state index in [-0.39, 0.29) is 17.9 Å². The minimum Gasteiger partial charge on any atom is -0.457 e. The largest absolute Gasteiger partial charge is 0.457 e. The molecule has 0 aliphatic rings. The van der Waals surface area contributed by atoms with Crippen molar-refractivity contribution >= 4 is 23.0 Å². The topological polar surface area (TPSA) is 52.6 Å². The number of carbonyl (C=O) groups is 2. The number of carbonyl (C=O) groups excluding carboxylic acids is 2. The summed E-state index contributed by atoms with van der Waals surface area (Å²) in [4.78, 5) is 23.4. The summed E-state index contributed by atoms with van der Waals surface area (Å²) in [6.07, 6.45) is 1.61. The van der Waals surface area contributed by atoms with E-state index in [0.717, 1.165) is 17.3 Å². The summed E-state index contributed by atoms with van der Waals surface area (Å²) in [5.74, 6) is -0.321. The predicted octanol–water partition coefficient (Wildman–Crippen LogP) is 3.91. The number of hydrogen-bond donors (Lipinski definition) is 0. The lowest BCUT2D eigenvalue weighted by atomic mass is 10.2. The molecule has 0 amide bonds. The van der Waals surface area contributed by atoms with Crippen molar-refractivity contribution in [1.82, 2.24) is 0 Å². The van der Waals surface area contributed by atoms with E-state index in [9.17, 15) is 9.59 Å². The maximum atomic E-state index is 12.1. The highest BCUT2D eigenvalue weighted by Crippen LogP contribution is 2.21. The van der Waals surface area contributed by atoms with Crippen LogP contribution in [-0.4, -0.2) is 17.5 Å². The first-order valence-corrected chi connectivity index (χ1v) is 7.49. The molecule has 0 aliphatic carbocycles. The fourth-order valence-corrected chi connectivity index (χ4v) is 1.83. The summed E-state index contributed by atoms with van der Waals surface area (Å²) in [5.41, 5.74) is 1.13. The summed E-state index contributed by atoms with van der Waals surface area (Å²) < 4.78 is 10.3. The normalized spacial score (nSPS) is 9.95. The number of rotatable bonds is 4. The number of esters is 1. The van der Waals surface area contributed by atoms with E-state index in [0.29, 0.717) is 0 Å². The monoisotopic (exact) mass is 302 g/mol. The van der Waals surface area contributed by atoms with Crippen molar-refractivity contribution in [2.45, 2.75) is 6.61 Å². The Kier molecular flexibility index (Phi) is 5.40. The molecule has 0 radical (unpaired) electrons. The van der Waals surface area contributed by atoms with Crippen molar-refractivity contribution in [3.63, 3.8) is 0 Å². The van der Waals surface area contributed by atoms with Gasteiger partial charge >= 0.3 is 11.3 Å². The summed E-state index contributed by atoms with van der Waals surface area (Å²) in [7, 11) is 0. The third kappa shape index (κ3) is 4.36. The van der Waals surface area contributed by atoms with Crippen LogP contribution in [0.25, 0.3) is 0 Å². The third-order valence-corrected chi connectivity index (χ3v) is 3.10. The van der Waals surface area contributed by atoms with E-state index in [4.69, 9.17) is 9.47 Å². The molecule has 0 atom stereocenters. The molecule has 0 aliphatic heterocycles.